The van der Waals surface area contributed by atoms with Crippen LogP contribution in [0.1, 0.15) is 19.3 Å². The zero-order valence-corrected chi connectivity index (χ0v) is 6.46. The Balaban J connectivity index is 2.32. The molecule has 0 saturated carbocycles. The monoisotopic (exact) mass is 168 g/mol. The second kappa shape index (κ2) is 2.62. The van der Waals surface area contributed by atoms with Crippen molar-refractivity contribution in [3.05, 3.63) is 11.5 Å². The van der Waals surface area contributed by atoms with Gasteiger partial charge in [0.05, 0.1) is 12.2 Å². The third-order valence-corrected chi connectivity index (χ3v) is 1.90. The van der Waals surface area contributed by atoms with E-state index in [0.717, 1.165) is 6.42 Å². The summed E-state index contributed by atoms with van der Waals surface area (Å²) in [5.74, 6) is -0.524. The van der Waals surface area contributed by atoms with E-state index in [1.165, 1.54) is 0 Å². The summed E-state index contributed by atoms with van der Waals surface area (Å²) >= 11 is 0. The smallest absolute Gasteiger partial charge is 0.321 e. The molecule has 0 spiro atoms. The summed E-state index contributed by atoms with van der Waals surface area (Å²) in [4.78, 5) is 22.0. The first kappa shape index (κ1) is 7.34. The lowest BCUT2D eigenvalue weighted by atomic mass is 10.0. The predicted octanol–water partition coefficient (Wildman–Crippen LogP) is 0.524. The highest BCUT2D eigenvalue weighted by Gasteiger charge is 2.30. The molecule has 64 valence electrons. The molecule has 0 radical (unpaired) electrons. The number of esters is 1. The lowest BCUT2D eigenvalue weighted by Crippen LogP contribution is -2.25. The zero-order chi connectivity index (χ0) is 8.55. The van der Waals surface area contributed by atoms with Crippen molar-refractivity contribution >= 4 is 11.8 Å². The van der Waals surface area contributed by atoms with Crippen LogP contribution in [0.4, 0.5) is 0 Å². The van der Waals surface area contributed by atoms with Crippen LogP contribution < -0.4 is 0 Å². The van der Waals surface area contributed by atoms with Crippen LogP contribution in [-0.4, -0.2) is 18.4 Å². The maximum absolute atomic E-state index is 11.2. The van der Waals surface area contributed by atoms with Gasteiger partial charge in [-0.2, -0.15) is 0 Å². The van der Waals surface area contributed by atoms with Crippen LogP contribution in [0, 0.1) is 0 Å². The first-order chi connectivity index (χ1) is 5.77. The molecule has 4 nitrogen and oxygen atoms in total. The molecule has 4 heteroatoms. The Hall–Kier alpha value is -1.32. The molecule has 2 rings (SSSR count). The highest BCUT2D eigenvalue weighted by atomic mass is 16.7. The summed E-state index contributed by atoms with van der Waals surface area (Å²) in [6.07, 6.45) is 1.35. The van der Waals surface area contributed by atoms with Gasteiger partial charge in [0, 0.05) is 0 Å². The van der Waals surface area contributed by atoms with Gasteiger partial charge in [0.15, 0.2) is 5.78 Å². The molecule has 0 aromatic heterocycles. The van der Waals surface area contributed by atoms with E-state index in [0.29, 0.717) is 18.6 Å². The minimum absolute atomic E-state index is 0.137. The van der Waals surface area contributed by atoms with E-state index in [9.17, 15) is 9.59 Å². The minimum atomic E-state index is -0.513. The molecule has 0 atom stereocenters. The van der Waals surface area contributed by atoms with E-state index in [4.69, 9.17) is 9.47 Å². The summed E-state index contributed by atoms with van der Waals surface area (Å²) in [5, 5.41) is 0. The number of ether oxygens (including phenoxy) is 2. The van der Waals surface area contributed by atoms with Crippen LogP contribution in [0.5, 0.6) is 0 Å². The Morgan fingerprint density at radius 3 is 2.92 bits per heavy atom. The number of hydrogen-bond donors (Lipinski definition) is 0. The molecular formula is C8H8O4. The zero-order valence-electron chi connectivity index (χ0n) is 6.46. The van der Waals surface area contributed by atoms with Crippen LogP contribution in [-0.2, 0) is 19.1 Å². The van der Waals surface area contributed by atoms with Crippen molar-refractivity contribution in [1.82, 2.24) is 0 Å². The Kier molecular flexibility index (Phi) is 1.60. The minimum Gasteiger partial charge on any atom is -0.465 e. The summed E-state index contributed by atoms with van der Waals surface area (Å²) in [7, 11) is 0. The number of allylic oxidation sites excluding steroid dienone is 1. The van der Waals surface area contributed by atoms with Gasteiger partial charge in [-0.15, -0.1) is 0 Å². The molecule has 0 N–H and O–H groups in total. The molecule has 0 saturated heterocycles. The molecule has 0 bridgehead atoms. The van der Waals surface area contributed by atoms with Gasteiger partial charge < -0.3 is 9.47 Å². The molecule has 0 fully saturated rings. The average Bonchev–Trinajstić information content (AvgIpc) is 2.04. The lowest BCUT2D eigenvalue weighted by molar-refractivity contribution is -0.150. The number of carbonyl (C=O) groups is 2. The van der Waals surface area contributed by atoms with Gasteiger partial charge in [-0.25, -0.2) is 0 Å². The quantitative estimate of drug-likeness (QED) is 0.391. The Morgan fingerprint density at radius 1 is 1.25 bits per heavy atom. The third kappa shape index (κ3) is 1.09. The predicted molar refractivity (Wildman–Crippen MR) is 37.9 cm³/mol. The fourth-order valence-electron chi connectivity index (χ4n) is 1.32. The van der Waals surface area contributed by atoms with E-state index in [2.05, 4.69) is 0 Å². The van der Waals surface area contributed by atoms with Crippen LogP contribution in [0.2, 0.25) is 0 Å². The Morgan fingerprint density at radius 2 is 2.08 bits per heavy atom. The molecule has 2 heterocycles. The summed E-state index contributed by atoms with van der Waals surface area (Å²) in [6.45, 7) is 0.527. The number of Topliss-reactive ketones (excluding diaryl/α,β-unsaturated/α-hetero) is 1. The molecule has 0 unspecified atom stereocenters. The van der Waals surface area contributed by atoms with Gasteiger partial charge >= 0.3 is 5.97 Å². The van der Waals surface area contributed by atoms with Crippen LogP contribution in [0.3, 0.4) is 0 Å². The second-order valence-electron chi connectivity index (χ2n) is 2.79. The Bertz CT molecular complexity index is 277. The van der Waals surface area contributed by atoms with Crippen molar-refractivity contribution in [3.8, 4) is 0 Å². The van der Waals surface area contributed by atoms with Crippen molar-refractivity contribution in [2.45, 2.75) is 19.3 Å². The summed E-state index contributed by atoms with van der Waals surface area (Å²) < 4.78 is 9.80. The van der Waals surface area contributed by atoms with E-state index in [-0.39, 0.29) is 18.1 Å². The topological polar surface area (TPSA) is 52.6 Å². The van der Waals surface area contributed by atoms with Crippen molar-refractivity contribution in [1.29, 1.82) is 0 Å². The average molecular weight is 168 g/mol. The SMILES string of the molecule is O=C1CC(=O)C2=C(OCCC2)O1. The van der Waals surface area contributed by atoms with Gasteiger partial charge in [0.25, 0.3) is 5.95 Å². The maximum atomic E-state index is 11.2. The van der Waals surface area contributed by atoms with Gasteiger partial charge in [0.2, 0.25) is 0 Å². The van der Waals surface area contributed by atoms with Gasteiger partial charge in [0.1, 0.15) is 6.42 Å². The fraction of sp³-hybridized carbons (Fsp3) is 0.500. The van der Waals surface area contributed by atoms with Crippen LogP contribution in [0.25, 0.3) is 0 Å². The standard InChI is InChI=1S/C8H8O4/c9-6-4-7(10)12-8-5(6)2-1-3-11-8/h1-4H2. The molecule has 0 amide bonds. The van der Waals surface area contributed by atoms with E-state index < -0.39 is 5.97 Å². The van der Waals surface area contributed by atoms with E-state index in [1.807, 2.05) is 0 Å². The highest BCUT2D eigenvalue weighted by Crippen LogP contribution is 2.25. The van der Waals surface area contributed by atoms with Gasteiger partial charge in [-0.05, 0) is 12.8 Å². The number of rotatable bonds is 0. The molecule has 2 aliphatic heterocycles. The van der Waals surface area contributed by atoms with Gasteiger partial charge in [-0.3, -0.25) is 9.59 Å². The molecule has 0 aromatic carbocycles. The number of carbonyl (C=O) groups excluding carboxylic acids is 2. The molecule has 0 aliphatic carbocycles. The first-order valence-electron chi connectivity index (χ1n) is 3.87. The second-order valence-corrected chi connectivity index (χ2v) is 2.79. The van der Waals surface area contributed by atoms with Crippen molar-refractivity contribution in [2.75, 3.05) is 6.61 Å². The van der Waals surface area contributed by atoms with Crippen molar-refractivity contribution < 1.29 is 19.1 Å². The molecule has 2 aliphatic rings. The normalized spacial score (nSPS) is 23.0. The summed E-state index contributed by atoms with van der Waals surface area (Å²) in [5.41, 5.74) is 0.542. The fourth-order valence-corrected chi connectivity index (χ4v) is 1.32. The largest absolute Gasteiger partial charge is 0.465 e. The number of ketones is 1. The molecular weight excluding hydrogens is 160 g/mol. The van der Waals surface area contributed by atoms with Crippen molar-refractivity contribution in [2.24, 2.45) is 0 Å². The molecule has 12 heavy (non-hydrogen) atoms. The lowest BCUT2D eigenvalue weighted by Gasteiger charge is -2.22. The Labute approximate surface area is 69.1 Å². The van der Waals surface area contributed by atoms with Gasteiger partial charge in [-0.1, -0.05) is 0 Å². The maximum Gasteiger partial charge on any atom is 0.321 e. The highest BCUT2D eigenvalue weighted by molar-refractivity contribution is 6.07. The van der Waals surface area contributed by atoms with Crippen LogP contribution in [0.15, 0.2) is 11.5 Å². The third-order valence-electron chi connectivity index (χ3n) is 1.90. The molecule has 0 aromatic rings. The van der Waals surface area contributed by atoms with E-state index in [1.54, 1.807) is 0 Å². The number of hydrogen-bond acceptors (Lipinski definition) is 4. The summed E-state index contributed by atoms with van der Waals surface area (Å²) in [6, 6.07) is 0. The van der Waals surface area contributed by atoms with Crippen LogP contribution >= 0.6 is 0 Å². The van der Waals surface area contributed by atoms with Crippen molar-refractivity contribution in [3.63, 3.8) is 0 Å². The first-order valence-corrected chi connectivity index (χ1v) is 3.87. The van der Waals surface area contributed by atoms with E-state index >= 15 is 0 Å².